The van der Waals surface area contributed by atoms with E-state index in [4.69, 9.17) is 9.47 Å². The van der Waals surface area contributed by atoms with Gasteiger partial charge in [0.2, 0.25) is 6.29 Å². The minimum atomic E-state index is -1.27. The second-order valence-corrected chi connectivity index (χ2v) is 4.05. The summed E-state index contributed by atoms with van der Waals surface area (Å²) in [4.78, 5) is 0. The van der Waals surface area contributed by atoms with Gasteiger partial charge >= 0.3 is 0 Å². The molecular weight excluding hydrogens is 287 g/mol. The fourth-order valence-electron chi connectivity index (χ4n) is 1.71. The molecule has 2 rings (SSSR count). The molecule has 0 fully saturated rings. The van der Waals surface area contributed by atoms with Gasteiger partial charge in [0.15, 0.2) is 17.5 Å². The summed E-state index contributed by atoms with van der Waals surface area (Å²) in [5.74, 6) is -3.39. The molecule has 1 aromatic heterocycles. The van der Waals surface area contributed by atoms with Gasteiger partial charge in [-0.15, -0.1) is 5.10 Å². The van der Waals surface area contributed by atoms with Gasteiger partial charge < -0.3 is 9.47 Å². The van der Waals surface area contributed by atoms with Crippen LogP contribution in [0, 0.1) is 17.5 Å². The zero-order valence-corrected chi connectivity index (χ0v) is 11.5. The average molecular weight is 301 g/mol. The molecule has 5 nitrogen and oxygen atoms in total. The maximum Gasteiger partial charge on any atom is 0.204 e. The molecule has 1 aromatic carbocycles. The largest absolute Gasteiger partial charge is 0.347 e. The quantitative estimate of drug-likeness (QED) is 0.608. The number of nitrogens with zero attached hydrogens (tertiary/aromatic N) is 3. The minimum Gasteiger partial charge on any atom is -0.347 e. The van der Waals surface area contributed by atoms with Gasteiger partial charge in [-0.05, 0) is 13.8 Å². The normalized spacial score (nSPS) is 11.3. The highest BCUT2D eigenvalue weighted by molar-refractivity contribution is 5.33. The molecule has 21 heavy (non-hydrogen) atoms. The molecule has 1 heterocycles. The lowest BCUT2D eigenvalue weighted by Gasteiger charge is -2.13. The molecule has 0 amide bonds. The van der Waals surface area contributed by atoms with Crippen molar-refractivity contribution in [3.8, 4) is 5.69 Å². The van der Waals surface area contributed by atoms with Gasteiger partial charge in [-0.25, -0.2) is 17.9 Å². The van der Waals surface area contributed by atoms with Crippen LogP contribution in [0.25, 0.3) is 5.69 Å². The standard InChI is InChI=1S/C13H14F3N3O2/c1-3-20-13(21-4-2)11-7-19(18-17-11)12-6-9(15)8(14)5-10(12)16/h5-7,13H,3-4H2,1-2H3. The summed E-state index contributed by atoms with van der Waals surface area (Å²) in [6.07, 6.45) is 0.591. The number of rotatable bonds is 6. The van der Waals surface area contributed by atoms with Crippen molar-refractivity contribution in [1.29, 1.82) is 0 Å². The zero-order valence-electron chi connectivity index (χ0n) is 11.5. The van der Waals surface area contributed by atoms with E-state index < -0.39 is 23.7 Å². The fourth-order valence-corrected chi connectivity index (χ4v) is 1.71. The molecule has 2 aromatic rings. The van der Waals surface area contributed by atoms with Crippen LogP contribution in [0.1, 0.15) is 25.8 Å². The first kappa shape index (κ1) is 15.5. The van der Waals surface area contributed by atoms with E-state index in [1.165, 1.54) is 6.20 Å². The van der Waals surface area contributed by atoms with E-state index in [2.05, 4.69) is 10.3 Å². The molecule has 0 N–H and O–H groups in total. The molecule has 8 heteroatoms. The van der Waals surface area contributed by atoms with Crippen molar-refractivity contribution in [2.45, 2.75) is 20.1 Å². The van der Waals surface area contributed by atoms with Gasteiger partial charge in [-0.3, -0.25) is 0 Å². The molecule has 0 atom stereocenters. The Bertz CT molecular complexity index is 613. The molecule has 0 radical (unpaired) electrons. The second-order valence-electron chi connectivity index (χ2n) is 4.05. The molecule has 0 spiro atoms. The molecule has 0 unspecified atom stereocenters. The van der Waals surface area contributed by atoms with Crippen LogP contribution in [0.5, 0.6) is 0 Å². The first-order valence-corrected chi connectivity index (χ1v) is 6.37. The highest BCUT2D eigenvalue weighted by Crippen LogP contribution is 2.20. The van der Waals surface area contributed by atoms with Crippen LogP contribution < -0.4 is 0 Å². The Hall–Kier alpha value is -1.93. The van der Waals surface area contributed by atoms with E-state index in [1.807, 2.05) is 0 Å². The fraction of sp³-hybridized carbons (Fsp3) is 0.385. The molecule has 0 saturated heterocycles. The lowest BCUT2D eigenvalue weighted by molar-refractivity contribution is -0.142. The zero-order chi connectivity index (χ0) is 15.4. The molecule has 114 valence electrons. The first-order valence-electron chi connectivity index (χ1n) is 6.37. The van der Waals surface area contributed by atoms with E-state index >= 15 is 0 Å². The summed E-state index contributed by atoms with van der Waals surface area (Å²) in [5, 5.41) is 7.48. The van der Waals surface area contributed by atoms with Gasteiger partial charge in [0.25, 0.3) is 0 Å². The van der Waals surface area contributed by atoms with Crippen molar-refractivity contribution in [3.63, 3.8) is 0 Å². The van der Waals surface area contributed by atoms with Crippen LogP contribution in [-0.4, -0.2) is 28.2 Å². The van der Waals surface area contributed by atoms with E-state index in [-0.39, 0.29) is 5.69 Å². The summed E-state index contributed by atoms with van der Waals surface area (Å²) < 4.78 is 51.4. The van der Waals surface area contributed by atoms with Gasteiger partial charge in [0.05, 0.1) is 6.20 Å². The Kier molecular flexibility index (Phi) is 4.92. The monoisotopic (exact) mass is 301 g/mol. The molecule has 0 aliphatic heterocycles. The van der Waals surface area contributed by atoms with Crippen molar-refractivity contribution in [1.82, 2.24) is 15.0 Å². The lowest BCUT2D eigenvalue weighted by atomic mass is 10.3. The van der Waals surface area contributed by atoms with E-state index in [1.54, 1.807) is 13.8 Å². The molecule has 0 saturated carbocycles. The van der Waals surface area contributed by atoms with Crippen molar-refractivity contribution in [2.75, 3.05) is 13.2 Å². The Morgan fingerprint density at radius 2 is 1.67 bits per heavy atom. The SMILES string of the molecule is CCOC(OCC)c1cn(-c2cc(F)c(F)cc2F)nn1. The van der Waals surface area contributed by atoms with Crippen LogP contribution in [-0.2, 0) is 9.47 Å². The Balaban J connectivity index is 2.33. The van der Waals surface area contributed by atoms with Gasteiger partial charge in [-0.2, -0.15) is 0 Å². The summed E-state index contributed by atoms with van der Waals surface area (Å²) in [6.45, 7) is 4.34. The third kappa shape index (κ3) is 3.40. The summed E-state index contributed by atoms with van der Waals surface area (Å²) >= 11 is 0. The van der Waals surface area contributed by atoms with Crippen LogP contribution in [0.3, 0.4) is 0 Å². The van der Waals surface area contributed by atoms with Crippen LogP contribution in [0.15, 0.2) is 18.3 Å². The predicted octanol–water partition coefficient (Wildman–Crippen LogP) is 2.76. The first-order chi connectivity index (χ1) is 10.1. The average Bonchev–Trinajstić information content (AvgIpc) is 2.92. The smallest absolute Gasteiger partial charge is 0.204 e. The van der Waals surface area contributed by atoms with Crippen molar-refractivity contribution < 1.29 is 22.6 Å². The molecular formula is C13H14F3N3O2. The Labute approximate surface area is 119 Å². The van der Waals surface area contributed by atoms with Crippen molar-refractivity contribution in [2.24, 2.45) is 0 Å². The number of hydrogen-bond donors (Lipinski definition) is 0. The minimum absolute atomic E-state index is 0.251. The predicted molar refractivity (Wildman–Crippen MR) is 67.2 cm³/mol. The van der Waals surface area contributed by atoms with Crippen molar-refractivity contribution in [3.05, 3.63) is 41.5 Å². The number of ether oxygens (including phenoxy) is 2. The third-order valence-corrected chi connectivity index (χ3v) is 2.63. The van der Waals surface area contributed by atoms with E-state index in [0.717, 1.165) is 4.68 Å². The lowest BCUT2D eigenvalue weighted by Crippen LogP contribution is -2.09. The topological polar surface area (TPSA) is 49.2 Å². The van der Waals surface area contributed by atoms with Gasteiger partial charge in [-0.1, -0.05) is 5.21 Å². The van der Waals surface area contributed by atoms with Crippen LogP contribution in [0.2, 0.25) is 0 Å². The number of hydrogen-bond acceptors (Lipinski definition) is 4. The highest BCUT2D eigenvalue weighted by Gasteiger charge is 2.18. The Morgan fingerprint density at radius 3 is 2.29 bits per heavy atom. The summed E-state index contributed by atoms with van der Waals surface area (Å²) in [6, 6.07) is 1.16. The number of benzene rings is 1. The van der Waals surface area contributed by atoms with Crippen LogP contribution >= 0.6 is 0 Å². The van der Waals surface area contributed by atoms with Gasteiger partial charge in [0, 0.05) is 25.3 Å². The third-order valence-electron chi connectivity index (χ3n) is 2.63. The Morgan fingerprint density at radius 1 is 1.05 bits per heavy atom. The highest BCUT2D eigenvalue weighted by atomic mass is 19.2. The maximum atomic E-state index is 13.7. The van der Waals surface area contributed by atoms with Crippen molar-refractivity contribution >= 4 is 0 Å². The van der Waals surface area contributed by atoms with Gasteiger partial charge in [0.1, 0.15) is 11.4 Å². The van der Waals surface area contributed by atoms with E-state index in [0.29, 0.717) is 31.0 Å². The summed E-state index contributed by atoms with van der Waals surface area (Å²) in [7, 11) is 0. The van der Waals surface area contributed by atoms with E-state index in [9.17, 15) is 13.2 Å². The van der Waals surface area contributed by atoms with Crippen LogP contribution in [0.4, 0.5) is 13.2 Å². The second kappa shape index (κ2) is 6.68. The number of halogens is 3. The molecule has 0 aliphatic carbocycles. The molecule has 0 bridgehead atoms. The number of aromatic nitrogens is 3. The summed E-state index contributed by atoms with van der Waals surface area (Å²) in [5.41, 5.74) is 0.0576. The maximum absolute atomic E-state index is 13.7. The molecule has 0 aliphatic rings.